The van der Waals surface area contributed by atoms with Crippen LogP contribution in [0.5, 0.6) is 5.75 Å². The molecule has 3 aliphatic heterocycles. The Hall–Kier alpha value is -14.1. The Bertz CT molecular complexity index is 5340. The summed E-state index contributed by atoms with van der Waals surface area (Å²) in [5.74, 6) is -21.8. The average Bonchev–Trinajstić information content (AvgIpc) is 1.62. The number of nitrogens with two attached hydrogens (primary N) is 2. The first-order valence-corrected chi connectivity index (χ1v) is 47.0. The summed E-state index contributed by atoms with van der Waals surface area (Å²) in [5.41, 5.74) is 14.1. The summed E-state index contributed by atoms with van der Waals surface area (Å²) in [6.07, 6.45) is 0.385. The number of H-pyrrole nitrogens is 3. The maximum atomic E-state index is 15.8. The van der Waals surface area contributed by atoms with Gasteiger partial charge in [0.2, 0.25) is 94.5 Å². The van der Waals surface area contributed by atoms with Crippen molar-refractivity contribution < 1.29 is 116 Å². The largest absolute Gasteiger partial charge is 0.497 e. The first-order chi connectivity index (χ1) is 65.8. The second-order valence-electron chi connectivity index (χ2n) is 34.6. The number of aromatic nitrogens is 4. The number of aromatic amines is 3. The van der Waals surface area contributed by atoms with E-state index in [0.29, 0.717) is 75.3 Å². The number of carbonyl (C=O) groups excluding carboxylic acids is 16. The highest BCUT2D eigenvalue weighted by Gasteiger charge is 2.47. The number of para-hydroxylation sites is 2. The molecule has 0 spiro atoms. The number of unbranched alkanes of at least 4 members (excludes halogenated alkanes) is 3. The van der Waals surface area contributed by atoms with Crippen LogP contribution in [0.15, 0.2) is 97.7 Å². The van der Waals surface area contributed by atoms with Crippen LogP contribution in [-0.2, 0) is 117 Å². The molecule has 3 saturated heterocycles. The fourth-order valence-corrected chi connectivity index (χ4v) is 17.7. The number of ether oxygens (including phenoxy) is 1. The van der Waals surface area contributed by atoms with Gasteiger partial charge in [0, 0.05) is 125 Å². The van der Waals surface area contributed by atoms with Crippen molar-refractivity contribution in [3.63, 3.8) is 0 Å². The number of aliphatic hydroxyl groups is 1. The lowest BCUT2D eigenvalue weighted by atomic mass is 9.99. The molecular formula is C92H125N21O24S. The van der Waals surface area contributed by atoms with E-state index in [9.17, 15) is 73.2 Å². The molecule has 45 nitrogen and oxygen atoms in total. The first kappa shape index (κ1) is 108. The number of carboxylic acids is 3. The molecule has 15 atom stereocenters. The number of aliphatic hydroxyl groups excluding tert-OH is 1. The van der Waals surface area contributed by atoms with Crippen LogP contribution in [0.25, 0.3) is 21.8 Å². The fraction of sp³-hybridized carbons (Fsp3) is 0.522. The van der Waals surface area contributed by atoms with Crippen molar-refractivity contribution in [1.82, 2.24) is 97.6 Å². The van der Waals surface area contributed by atoms with Crippen molar-refractivity contribution in [2.24, 2.45) is 11.5 Å². The quantitative estimate of drug-likeness (QED) is 0.0229. The third-order valence-corrected chi connectivity index (χ3v) is 25.7. The molecule has 3 aromatic heterocycles. The zero-order chi connectivity index (χ0) is 101. The number of aliphatic carboxylic acids is 3. The summed E-state index contributed by atoms with van der Waals surface area (Å²) in [6, 6.07) is -3.33. The monoisotopic (exact) mass is 1940 g/mol. The number of primary amides is 1. The van der Waals surface area contributed by atoms with Gasteiger partial charge in [0.1, 0.15) is 90.3 Å². The fourth-order valence-electron chi connectivity index (χ4n) is 16.9. The van der Waals surface area contributed by atoms with E-state index >= 15 is 38.4 Å². The second kappa shape index (κ2) is 51.8. The molecule has 0 bridgehead atoms. The number of carbonyl (C=O) groups is 19. The highest BCUT2D eigenvalue weighted by Crippen LogP contribution is 2.28. The van der Waals surface area contributed by atoms with Gasteiger partial charge in [0.15, 0.2) is 0 Å². The normalized spacial score (nSPS) is 24.4. The number of hydrogen-bond acceptors (Lipinski definition) is 24. The lowest BCUT2D eigenvalue weighted by molar-refractivity contribution is -0.149. The van der Waals surface area contributed by atoms with Gasteiger partial charge in [0.05, 0.1) is 44.7 Å². The maximum Gasteiger partial charge on any atom is 0.305 e. The number of rotatable bonds is 29. The molecule has 46 heteroatoms. The van der Waals surface area contributed by atoms with E-state index in [-0.39, 0.29) is 89.4 Å². The van der Waals surface area contributed by atoms with Crippen LogP contribution < -0.4 is 69.4 Å². The summed E-state index contributed by atoms with van der Waals surface area (Å²) >= 11 is 0.704. The standard InChI is InChI=1S/C92H125N21O24S/c1-8-10-24-70-85(129)101-61(31-32-76(117)118)81(125)108-69(80(124)98-45-74(94)115)47-138-48-75(116)100-66(35-51-27-29-56(137-7)30-28-51)88(132)109(4)50(3)79(123)106-68(41-78(121)122)91(135)112-34-18-26-71(112)86(130)105-64(38-54-44-95-49-99-54)83(127)102-62(23-16-17-33-93)90(134)113-46-55(114)39-73(113)87(131)104-63(36-52-42-96-59-21-14-12-19-57(52)59)82(126)103-65(40-77(119)120)84(128)107-67(37-53-43-97-60-22-15-13-20-58(53)60)89(133)111(6)72(25-11-9-2)92(136)110(70)5/h12-15,19-22,27-30,42-44,49-50,55,61-73,96-97,114H,8-11,16-18,23-26,31-41,45-48,93H2,1-7H3,(H2,94,115)(H,95,99)(H,98,124)(H,100,116)(H,101,129)(H,102,127)(H,103,126)(H,104,131)(H,105,130)(H,106,123)(H,107,128)(H,108,125)(H,117,118)(H,119,120)(H,121,122)/t50-,55+,61-,62-,63-,64-,65-,66?,67-,68-,69-,70-,71-,72-,73-/m0/s1. The van der Waals surface area contributed by atoms with E-state index in [4.69, 9.17) is 16.2 Å². The Morgan fingerprint density at radius 1 is 0.522 bits per heavy atom. The zero-order valence-electron chi connectivity index (χ0n) is 78.0. The predicted molar refractivity (Wildman–Crippen MR) is 499 cm³/mol. The number of thioether (sulfide) groups is 1. The minimum atomic E-state index is -2.08. The van der Waals surface area contributed by atoms with Crippen LogP contribution in [0.3, 0.4) is 0 Å². The van der Waals surface area contributed by atoms with E-state index in [1.54, 1.807) is 99.0 Å². The van der Waals surface area contributed by atoms with Crippen molar-refractivity contribution in [2.75, 3.05) is 65.9 Å². The van der Waals surface area contributed by atoms with Crippen molar-refractivity contribution in [2.45, 2.75) is 240 Å². The van der Waals surface area contributed by atoms with Crippen LogP contribution in [0, 0.1) is 0 Å². The maximum absolute atomic E-state index is 15.8. The third-order valence-electron chi connectivity index (χ3n) is 24.6. The van der Waals surface area contributed by atoms with E-state index in [1.807, 2.05) is 0 Å². The van der Waals surface area contributed by atoms with E-state index < -0.39 is 266 Å². The van der Waals surface area contributed by atoms with Crippen molar-refractivity contribution >= 4 is 146 Å². The van der Waals surface area contributed by atoms with Gasteiger partial charge in [-0.3, -0.25) is 91.1 Å². The average molecular weight is 1940 g/mol. The van der Waals surface area contributed by atoms with Gasteiger partial charge < -0.3 is 129 Å². The van der Waals surface area contributed by atoms with Crippen LogP contribution in [0.4, 0.5) is 0 Å². The molecule has 6 heterocycles. The summed E-state index contributed by atoms with van der Waals surface area (Å²) in [5, 5.41) is 69.3. The molecule has 0 radical (unpaired) electrons. The van der Waals surface area contributed by atoms with Gasteiger partial charge in [-0.05, 0) is 106 Å². The number of imidazole rings is 1. The van der Waals surface area contributed by atoms with E-state index in [2.05, 4.69) is 73.1 Å². The molecule has 6 aromatic rings. The van der Waals surface area contributed by atoms with Crippen molar-refractivity contribution in [3.8, 4) is 5.75 Å². The van der Waals surface area contributed by atoms with Crippen LogP contribution in [0.2, 0.25) is 0 Å². The number of hydrogen-bond donors (Lipinski definition) is 19. The number of amides is 16. The van der Waals surface area contributed by atoms with Gasteiger partial charge in [-0.2, -0.15) is 0 Å². The van der Waals surface area contributed by atoms with Crippen molar-refractivity contribution in [3.05, 3.63) is 120 Å². The van der Waals surface area contributed by atoms with Crippen LogP contribution in [0.1, 0.15) is 146 Å². The molecule has 3 aromatic carbocycles. The van der Waals surface area contributed by atoms with Gasteiger partial charge in [-0.25, -0.2) is 4.98 Å². The number of carboxylic acid groups (broad SMARTS) is 3. The Morgan fingerprint density at radius 2 is 1.05 bits per heavy atom. The molecule has 3 fully saturated rings. The van der Waals surface area contributed by atoms with Gasteiger partial charge in [0.25, 0.3) is 0 Å². The van der Waals surface area contributed by atoms with Gasteiger partial charge >= 0.3 is 17.9 Å². The molecule has 3 aliphatic rings. The SMILES string of the molecule is CCCC[C@H]1C(=O)N(C)[C@@H](CCCC)C(=O)N[C@@H](CCC(=O)O)C(=O)N[C@H](C(=O)NCC(N)=O)CSCC(=O)NC(Cc2ccc(OC)cc2)C(=O)N(C)[C@@H](C)C(=O)N[C@@H](CC(=O)O)C(=O)N2CCC[C@H]2C(=O)N[C@@H](Cc2cnc[nH]2)C(=O)N[C@@H](CCCCN)C(=O)N2C[C@H](O)C[C@H]2C(=O)N[C@@H](Cc2c[nH]c3ccccc23)C(=O)N[C@@H](CC(=O)O)C(=O)N[C@@H](Cc2c[nH]c3ccccc23)C(=O)N1C. The van der Waals surface area contributed by atoms with Crippen molar-refractivity contribution in [1.29, 1.82) is 0 Å². The third kappa shape index (κ3) is 30.0. The number of benzene rings is 3. The van der Waals surface area contributed by atoms with Gasteiger partial charge in [-0.1, -0.05) is 88.1 Å². The smallest absolute Gasteiger partial charge is 0.305 e. The number of methoxy groups -OCH3 is 1. The van der Waals surface area contributed by atoms with E-state index in [0.717, 1.165) is 24.5 Å². The predicted octanol–water partition coefficient (Wildman–Crippen LogP) is -1.86. The second-order valence-corrected chi connectivity index (χ2v) is 35.6. The summed E-state index contributed by atoms with van der Waals surface area (Å²) in [7, 11) is 5.14. The minimum Gasteiger partial charge on any atom is -0.497 e. The Labute approximate surface area is 799 Å². The number of likely N-dealkylation sites (N-methyl/N-ethyl adjacent to an activating group) is 3. The molecular weight excluding hydrogens is 1820 g/mol. The van der Waals surface area contributed by atoms with E-state index in [1.165, 1.54) is 47.7 Å². The molecule has 748 valence electrons. The molecule has 21 N–H and O–H groups in total. The Kier molecular flexibility index (Phi) is 40.4. The summed E-state index contributed by atoms with van der Waals surface area (Å²) in [4.78, 5) is 294. The molecule has 0 aliphatic carbocycles. The van der Waals surface area contributed by atoms with Gasteiger partial charge in [-0.15, -0.1) is 11.8 Å². The van der Waals surface area contributed by atoms with Crippen LogP contribution >= 0.6 is 11.8 Å². The zero-order valence-corrected chi connectivity index (χ0v) is 78.8. The molecule has 138 heavy (non-hydrogen) atoms. The Morgan fingerprint density at radius 3 is 1.64 bits per heavy atom. The summed E-state index contributed by atoms with van der Waals surface area (Å²) < 4.78 is 5.33. The molecule has 1 unspecified atom stereocenters. The lowest BCUT2D eigenvalue weighted by Gasteiger charge is -2.36. The first-order valence-electron chi connectivity index (χ1n) is 45.8. The molecule has 0 saturated carbocycles. The molecule has 9 rings (SSSR count). The number of fused-ring (bicyclic) bond motifs is 4. The number of nitrogens with zero attached hydrogens (tertiary/aromatic N) is 6. The topological polar surface area (TPSA) is 663 Å². The Balaban J connectivity index is 1.12. The highest BCUT2D eigenvalue weighted by atomic mass is 32.2. The molecule has 16 amide bonds. The minimum absolute atomic E-state index is 0.0717. The summed E-state index contributed by atoms with van der Waals surface area (Å²) in [6.45, 7) is 3.44. The highest BCUT2D eigenvalue weighted by molar-refractivity contribution is 8.00. The number of nitrogens with one attached hydrogen (secondary N) is 13. The van der Waals surface area contributed by atoms with Crippen LogP contribution in [-0.4, -0.2) is 334 Å². The lowest BCUT2D eigenvalue weighted by Crippen LogP contribution is -2.61.